The molecule has 1 aromatic heterocycles. The van der Waals surface area contributed by atoms with Crippen LogP contribution in [0, 0.1) is 0 Å². The zero-order chi connectivity index (χ0) is 30.2. The van der Waals surface area contributed by atoms with Crippen LogP contribution in [0.5, 0.6) is 5.75 Å². The minimum atomic E-state index is -0.396. The number of aromatic nitrogens is 1. The van der Waals surface area contributed by atoms with E-state index in [0.29, 0.717) is 21.8 Å². The number of benzene rings is 4. The van der Waals surface area contributed by atoms with Gasteiger partial charge in [-0.2, -0.15) is 5.10 Å². The molecule has 0 fully saturated rings. The van der Waals surface area contributed by atoms with Crippen molar-refractivity contribution in [2.45, 2.75) is 0 Å². The van der Waals surface area contributed by atoms with E-state index in [-0.39, 0.29) is 28.3 Å². The molecule has 0 saturated carbocycles. The van der Waals surface area contributed by atoms with E-state index in [4.69, 9.17) is 39.5 Å². The molecule has 2 amide bonds. The van der Waals surface area contributed by atoms with Crippen LogP contribution >= 0.6 is 46.1 Å². The topological polar surface area (TPSA) is 105 Å². The zero-order valence-corrected chi connectivity index (χ0v) is 25.3. The van der Waals surface area contributed by atoms with Crippen molar-refractivity contribution < 1.29 is 14.3 Å². The van der Waals surface area contributed by atoms with Gasteiger partial charge in [0.2, 0.25) is 0 Å². The predicted molar refractivity (Wildman–Crippen MR) is 174 cm³/mol. The number of rotatable bonds is 10. The van der Waals surface area contributed by atoms with E-state index in [9.17, 15) is 9.59 Å². The number of carbonyl (C=O) groups excluding carboxylic acids is 2. The summed E-state index contributed by atoms with van der Waals surface area (Å²) in [6.45, 7) is -0.277. The van der Waals surface area contributed by atoms with Crippen molar-refractivity contribution in [1.29, 1.82) is 0 Å². The minimum Gasteiger partial charge on any atom is -0.481 e. The molecule has 216 valence electrons. The van der Waals surface area contributed by atoms with Crippen molar-refractivity contribution in [2.24, 2.45) is 5.10 Å². The second-order valence-electron chi connectivity index (χ2n) is 8.96. The number of anilines is 3. The fraction of sp³-hybridized carbons (Fsp3) is 0.0323. The van der Waals surface area contributed by atoms with E-state index >= 15 is 0 Å². The maximum atomic E-state index is 12.6. The second-order valence-corrected chi connectivity index (χ2v) is 11.1. The Morgan fingerprint density at radius 3 is 2.28 bits per heavy atom. The summed E-state index contributed by atoms with van der Waals surface area (Å²) in [5.74, 6) is -0.587. The molecular weight excluding hydrogens is 629 g/mol. The Balaban J connectivity index is 1.14. The van der Waals surface area contributed by atoms with Crippen molar-refractivity contribution >= 4 is 80.7 Å². The molecule has 12 heteroatoms. The maximum absolute atomic E-state index is 12.6. The van der Waals surface area contributed by atoms with Crippen LogP contribution < -0.4 is 20.8 Å². The molecule has 0 saturated heterocycles. The minimum absolute atomic E-state index is 0.167. The van der Waals surface area contributed by atoms with Gasteiger partial charge < -0.3 is 15.4 Å². The normalized spacial score (nSPS) is 10.9. The van der Waals surface area contributed by atoms with Crippen molar-refractivity contribution in [1.82, 2.24) is 10.4 Å². The van der Waals surface area contributed by atoms with E-state index in [2.05, 4.69) is 26.1 Å². The highest BCUT2D eigenvalue weighted by Crippen LogP contribution is 2.34. The maximum Gasteiger partial charge on any atom is 0.271 e. The second kappa shape index (κ2) is 14.2. The lowest BCUT2D eigenvalue weighted by atomic mass is 10.1. The van der Waals surface area contributed by atoms with Crippen LogP contribution in [-0.4, -0.2) is 29.6 Å². The van der Waals surface area contributed by atoms with Crippen LogP contribution in [0.15, 0.2) is 101 Å². The van der Waals surface area contributed by atoms with Gasteiger partial charge in [0, 0.05) is 32.9 Å². The van der Waals surface area contributed by atoms with Crippen LogP contribution in [0.3, 0.4) is 0 Å². The summed E-state index contributed by atoms with van der Waals surface area (Å²) in [6.07, 6.45) is 1.40. The fourth-order valence-electron chi connectivity index (χ4n) is 3.79. The van der Waals surface area contributed by atoms with Crippen molar-refractivity contribution in [3.8, 4) is 17.0 Å². The molecule has 5 aromatic rings. The average Bonchev–Trinajstić information content (AvgIpc) is 3.47. The van der Waals surface area contributed by atoms with Gasteiger partial charge in [-0.15, -0.1) is 11.3 Å². The number of hydrogen-bond donors (Lipinski definition) is 3. The summed E-state index contributed by atoms with van der Waals surface area (Å²) >= 11 is 20.1. The number of halogens is 3. The van der Waals surface area contributed by atoms with E-state index < -0.39 is 5.91 Å². The molecule has 0 radical (unpaired) electrons. The molecule has 0 bridgehead atoms. The number of ether oxygens (including phenoxy) is 1. The molecule has 0 spiro atoms. The molecule has 5 rings (SSSR count). The van der Waals surface area contributed by atoms with Crippen LogP contribution in [0.25, 0.3) is 11.3 Å². The highest BCUT2D eigenvalue weighted by atomic mass is 35.5. The summed E-state index contributed by atoms with van der Waals surface area (Å²) in [5, 5.41) is 13.7. The average molecular weight is 651 g/mol. The molecule has 0 aliphatic heterocycles. The van der Waals surface area contributed by atoms with Crippen LogP contribution in [-0.2, 0) is 4.79 Å². The summed E-state index contributed by atoms with van der Waals surface area (Å²) in [7, 11) is 0. The third kappa shape index (κ3) is 8.33. The van der Waals surface area contributed by atoms with Crippen LogP contribution in [0.2, 0.25) is 15.1 Å². The van der Waals surface area contributed by atoms with E-state index in [1.54, 1.807) is 48.5 Å². The number of nitrogens with zero attached hydrogens (tertiary/aromatic N) is 2. The molecule has 8 nitrogen and oxygen atoms in total. The van der Waals surface area contributed by atoms with Gasteiger partial charge in [0.25, 0.3) is 11.8 Å². The van der Waals surface area contributed by atoms with E-state index in [1.807, 2.05) is 47.8 Å². The van der Waals surface area contributed by atoms with Crippen molar-refractivity contribution in [3.63, 3.8) is 0 Å². The number of para-hydroxylation sites is 1. The third-order valence-corrected chi connectivity index (χ3v) is 7.42. The number of amides is 2. The first-order valence-electron chi connectivity index (χ1n) is 12.7. The van der Waals surface area contributed by atoms with Crippen LogP contribution in [0.1, 0.15) is 15.9 Å². The van der Waals surface area contributed by atoms with Crippen molar-refractivity contribution in [2.75, 3.05) is 17.2 Å². The number of hydrazone groups is 1. The molecule has 3 N–H and O–H groups in total. The smallest absolute Gasteiger partial charge is 0.271 e. The van der Waals surface area contributed by atoms with Gasteiger partial charge in [-0.1, -0.05) is 65.1 Å². The van der Waals surface area contributed by atoms with Crippen molar-refractivity contribution in [3.05, 3.63) is 123 Å². The van der Waals surface area contributed by atoms with Gasteiger partial charge in [-0.25, -0.2) is 10.4 Å². The first-order chi connectivity index (χ1) is 20.8. The predicted octanol–water partition coefficient (Wildman–Crippen LogP) is 8.30. The van der Waals surface area contributed by atoms with Gasteiger partial charge in [-0.05, 0) is 66.2 Å². The number of nitrogens with one attached hydrogen (secondary N) is 3. The van der Waals surface area contributed by atoms with Crippen LogP contribution in [0.4, 0.5) is 16.5 Å². The molecule has 0 atom stereocenters. The van der Waals surface area contributed by atoms with Gasteiger partial charge in [-0.3, -0.25) is 9.59 Å². The molecule has 0 aliphatic carbocycles. The highest BCUT2D eigenvalue weighted by Gasteiger charge is 2.13. The summed E-state index contributed by atoms with van der Waals surface area (Å²) in [4.78, 5) is 29.4. The Bertz CT molecular complexity index is 1740. The van der Waals surface area contributed by atoms with E-state index in [0.717, 1.165) is 22.1 Å². The Kier molecular flexibility index (Phi) is 9.91. The zero-order valence-electron chi connectivity index (χ0n) is 22.2. The Labute approximate surface area is 266 Å². The molecule has 43 heavy (non-hydrogen) atoms. The quantitative estimate of drug-likeness (QED) is 0.104. The van der Waals surface area contributed by atoms with Gasteiger partial charge >= 0.3 is 0 Å². The molecule has 1 heterocycles. The Morgan fingerprint density at radius 1 is 0.884 bits per heavy atom. The van der Waals surface area contributed by atoms with E-state index in [1.165, 1.54) is 17.6 Å². The Morgan fingerprint density at radius 2 is 1.58 bits per heavy atom. The lowest BCUT2D eigenvalue weighted by molar-refractivity contribution is -0.118. The summed E-state index contributed by atoms with van der Waals surface area (Å²) < 4.78 is 5.53. The number of thiazole rings is 1. The standard InChI is InChI=1S/C31H22Cl3N5O3S/c32-22-10-12-24(13-11-22)37-31-38-27(18-43-31)20-6-8-21(9-7-20)30(41)39-35-16-19-14-25(33)29(26(34)15-19)42-17-28(40)36-23-4-2-1-3-5-23/h1-16,18H,17H2,(H,36,40)(H,37,38)(H,39,41)/b35-16-. The van der Waals surface area contributed by atoms with Gasteiger partial charge in [0.15, 0.2) is 17.5 Å². The molecule has 0 unspecified atom stereocenters. The largest absolute Gasteiger partial charge is 0.481 e. The molecule has 4 aromatic carbocycles. The summed E-state index contributed by atoms with van der Waals surface area (Å²) in [5.41, 5.74) is 6.61. The molecular formula is C31H22Cl3N5O3S. The monoisotopic (exact) mass is 649 g/mol. The highest BCUT2D eigenvalue weighted by molar-refractivity contribution is 7.14. The summed E-state index contributed by atoms with van der Waals surface area (Å²) in [6, 6.07) is 26.5. The SMILES string of the molecule is O=C(COc1c(Cl)cc(/C=N\NC(=O)c2ccc(-c3csc(Nc4ccc(Cl)cc4)n3)cc2)cc1Cl)Nc1ccccc1. The van der Waals surface area contributed by atoms with Gasteiger partial charge in [0.05, 0.1) is 22.0 Å². The Hall–Kier alpha value is -4.41. The van der Waals surface area contributed by atoms with Gasteiger partial charge in [0.1, 0.15) is 0 Å². The number of hydrogen-bond acceptors (Lipinski definition) is 7. The first-order valence-corrected chi connectivity index (χ1v) is 14.7. The number of carbonyl (C=O) groups is 2. The lowest BCUT2D eigenvalue weighted by Gasteiger charge is -2.11. The fourth-order valence-corrected chi connectivity index (χ4v) is 5.27. The lowest BCUT2D eigenvalue weighted by Crippen LogP contribution is -2.20. The third-order valence-electron chi connectivity index (χ3n) is 5.85. The molecule has 0 aliphatic rings. The first kappa shape index (κ1) is 30.1.